The van der Waals surface area contributed by atoms with Gasteiger partial charge in [-0.05, 0) is 32.4 Å². The zero-order valence-corrected chi connectivity index (χ0v) is 11.7. The average Bonchev–Trinajstić information content (AvgIpc) is 2.27. The lowest BCUT2D eigenvalue weighted by molar-refractivity contribution is -0.386. The summed E-state index contributed by atoms with van der Waals surface area (Å²) in [6.45, 7) is 5.24. The molecule has 0 radical (unpaired) electrons. The van der Waals surface area contributed by atoms with Crippen LogP contribution in [0.3, 0.4) is 0 Å². The van der Waals surface area contributed by atoms with E-state index in [4.69, 9.17) is 0 Å². The molecule has 0 fully saturated rings. The van der Waals surface area contributed by atoms with Crippen LogP contribution < -0.4 is 4.72 Å². The van der Waals surface area contributed by atoms with Crippen molar-refractivity contribution >= 4 is 15.7 Å². The number of hydrogen-bond acceptors (Lipinski definition) is 5. The largest absolute Gasteiger partial charge is 0.502 e. The van der Waals surface area contributed by atoms with Crippen LogP contribution in [0.1, 0.15) is 27.2 Å². The van der Waals surface area contributed by atoms with Gasteiger partial charge in [0, 0.05) is 11.6 Å². The number of nitro groups is 1. The summed E-state index contributed by atoms with van der Waals surface area (Å²) in [5, 5.41) is 20.0. The molecule has 0 heterocycles. The van der Waals surface area contributed by atoms with Crippen molar-refractivity contribution < 1.29 is 18.4 Å². The summed E-state index contributed by atoms with van der Waals surface area (Å²) < 4.78 is 26.6. The van der Waals surface area contributed by atoms with Gasteiger partial charge < -0.3 is 5.11 Å². The standard InChI is InChI=1S/C11H16N2O5S/c1-4-11(2,3)12-19(17,18)8-5-6-10(14)9(7-8)13(15)16/h5-7,12,14H,4H2,1-3H3. The molecule has 106 valence electrons. The van der Waals surface area contributed by atoms with Crippen molar-refractivity contribution in [1.82, 2.24) is 4.72 Å². The number of nitrogens with one attached hydrogen (secondary N) is 1. The molecule has 7 nitrogen and oxygen atoms in total. The van der Waals surface area contributed by atoms with Gasteiger partial charge in [0.15, 0.2) is 5.75 Å². The molecule has 0 aliphatic carbocycles. The molecule has 0 saturated carbocycles. The molecule has 2 N–H and O–H groups in total. The molecule has 0 aliphatic heterocycles. The number of hydrogen-bond donors (Lipinski definition) is 2. The predicted octanol–water partition coefficient (Wildman–Crippen LogP) is 1.77. The van der Waals surface area contributed by atoms with E-state index in [1.807, 2.05) is 6.92 Å². The third kappa shape index (κ3) is 3.65. The Bertz CT molecular complexity index is 595. The van der Waals surface area contributed by atoms with Gasteiger partial charge in [-0.15, -0.1) is 0 Å². The second kappa shape index (κ2) is 5.14. The van der Waals surface area contributed by atoms with Gasteiger partial charge in [-0.25, -0.2) is 13.1 Å². The SMILES string of the molecule is CCC(C)(C)NS(=O)(=O)c1ccc(O)c([N+](=O)[O-])c1. The van der Waals surface area contributed by atoms with Crippen LogP contribution >= 0.6 is 0 Å². The first-order valence-corrected chi connectivity index (χ1v) is 7.09. The maximum atomic E-state index is 12.1. The van der Waals surface area contributed by atoms with Crippen molar-refractivity contribution in [2.45, 2.75) is 37.6 Å². The first-order chi connectivity index (χ1) is 8.59. The molecule has 0 aromatic heterocycles. The summed E-state index contributed by atoms with van der Waals surface area (Å²) in [4.78, 5) is 9.59. The monoisotopic (exact) mass is 288 g/mol. The van der Waals surface area contributed by atoms with Crippen LogP contribution in [0.15, 0.2) is 23.1 Å². The molecular weight excluding hydrogens is 272 g/mol. The first kappa shape index (κ1) is 15.4. The van der Waals surface area contributed by atoms with Crippen LogP contribution in [0, 0.1) is 10.1 Å². The van der Waals surface area contributed by atoms with E-state index in [0.29, 0.717) is 6.42 Å². The summed E-state index contributed by atoms with van der Waals surface area (Å²) in [5.74, 6) is -0.571. The van der Waals surface area contributed by atoms with E-state index in [1.54, 1.807) is 13.8 Å². The van der Waals surface area contributed by atoms with Crippen molar-refractivity contribution in [1.29, 1.82) is 0 Å². The highest BCUT2D eigenvalue weighted by Crippen LogP contribution is 2.28. The maximum Gasteiger partial charge on any atom is 0.312 e. The van der Waals surface area contributed by atoms with E-state index >= 15 is 0 Å². The highest BCUT2D eigenvalue weighted by Gasteiger charge is 2.26. The fourth-order valence-electron chi connectivity index (χ4n) is 1.31. The molecule has 19 heavy (non-hydrogen) atoms. The van der Waals surface area contributed by atoms with E-state index < -0.39 is 31.9 Å². The lowest BCUT2D eigenvalue weighted by Crippen LogP contribution is -2.42. The number of sulfonamides is 1. The topological polar surface area (TPSA) is 110 Å². The Morgan fingerprint density at radius 1 is 1.42 bits per heavy atom. The number of aromatic hydroxyl groups is 1. The molecule has 0 aliphatic rings. The fourth-order valence-corrected chi connectivity index (χ4v) is 2.82. The minimum Gasteiger partial charge on any atom is -0.502 e. The molecule has 1 rings (SSSR count). The lowest BCUT2D eigenvalue weighted by Gasteiger charge is -2.24. The predicted molar refractivity (Wildman–Crippen MR) is 69.5 cm³/mol. The number of nitro benzene ring substituents is 1. The van der Waals surface area contributed by atoms with Crippen molar-refractivity contribution in [3.05, 3.63) is 28.3 Å². The van der Waals surface area contributed by atoms with Gasteiger partial charge in [-0.3, -0.25) is 10.1 Å². The first-order valence-electron chi connectivity index (χ1n) is 5.60. The normalized spacial score (nSPS) is 12.4. The zero-order valence-electron chi connectivity index (χ0n) is 10.9. The number of benzene rings is 1. The minimum absolute atomic E-state index is 0.251. The second-order valence-corrected chi connectivity index (χ2v) is 6.43. The third-order valence-corrected chi connectivity index (χ3v) is 4.44. The Balaban J connectivity index is 3.23. The van der Waals surface area contributed by atoms with Gasteiger partial charge in [0.25, 0.3) is 0 Å². The van der Waals surface area contributed by atoms with Gasteiger partial charge in [0.2, 0.25) is 10.0 Å². The van der Waals surface area contributed by atoms with E-state index in [9.17, 15) is 23.6 Å². The highest BCUT2D eigenvalue weighted by molar-refractivity contribution is 7.89. The Hall–Kier alpha value is -1.67. The van der Waals surface area contributed by atoms with E-state index in [0.717, 1.165) is 18.2 Å². The molecule has 0 saturated heterocycles. The van der Waals surface area contributed by atoms with Crippen LogP contribution in [0.4, 0.5) is 5.69 Å². The smallest absolute Gasteiger partial charge is 0.312 e. The lowest BCUT2D eigenvalue weighted by atomic mass is 10.0. The quantitative estimate of drug-likeness (QED) is 0.633. The van der Waals surface area contributed by atoms with Crippen molar-refractivity contribution in [3.63, 3.8) is 0 Å². The van der Waals surface area contributed by atoms with Crippen molar-refractivity contribution in [2.75, 3.05) is 0 Å². The van der Waals surface area contributed by atoms with Crippen LogP contribution in [0.5, 0.6) is 5.75 Å². The third-order valence-electron chi connectivity index (χ3n) is 2.75. The van der Waals surface area contributed by atoms with E-state index in [2.05, 4.69) is 4.72 Å². The van der Waals surface area contributed by atoms with Gasteiger partial charge in [0.05, 0.1) is 9.82 Å². The summed E-state index contributed by atoms with van der Waals surface area (Å²) in [6, 6.07) is 2.95. The molecule has 0 unspecified atom stereocenters. The molecule has 1 aromatic carbocycles. The summed E-state index contributed by atoms with van der Waals surface area (Å²) in [7, 11) is -3.87. The van der Waals surface area contributed by atoms with E-state index in [-0.39, 0.29) is 4.90 Å². The highest BCUT2D eigenvalue weighted by atomic mass is 32.2. The Labute approximate surface area is 111 Å². The summed E-state index contributed by atoms with van der Waals surface area (Å²) in [6.07, 6.45) is 0.562. The molecular formula is C11H16N2O5S. The van der Waals surface area contributed by atoms with E-state index in [1.165, 1.54) is 0 Å². The number of phenolic OH excluding ortho intramolecular Hbond substituents is 1. The fraction of sp³-hybridized carbons (Fsp3) is 0.455. The molecule has 1 aromatic rings. The number of phenols is 1. The van der Waals surface area contributed by atoms with Gasteiger partial charge in [-0.2, -0.15) is 0 Å². The van der Waals surface area contributed by atoms with Crippen molar-refractivity contribution in [2.24, 2.45) is 0 Å². The van der Waals surface area contributed by atoms with Crippen LogP contribution in [0.25, 0.3) is 0 Å². The summed E-state index contributed by atoms with van der Waals surface area (Å²) >= 11 is 0. The van der Waals surface area contributed by atoms with Crippen LogP contribution in [0.2, 0.25) is 0 Å². The molecule has 0 atom stereocenters. The van der Waals surface area contributed by atoms with Crippen molar-refractivity contribution in [3.8, 4) is 5.75 Å². The maximum absolute atomic E-state index is 12.1. The zero-order chi connectivity index (χ0) is 14.8. The minimum atomic E-state index is -3.87. The van der Waals surface area contributed by atoms with Gasteiger partial charge >= 0.3 is 5.69 Å². The molecule has 0 bridgehead atoms. The Morgan fingerprint density at radius 2 is 2.00 bits per heavy atom. The van der Waals surface area contributed by atoms with Crippen LogP contribution in [-0.2, 0) is 10.0 Å². The number of nitrogens with zero attached hydrogens (tertiary/aromatic N) is 1. The average molecular weight is 288 g/mol. The molecule has 8 heteroatoms. The molecule has 0 spiro atoms. The Morgan fingerprint density at radius 3 is 2.47 bits per heavy atom. The second-order valence-electron chi connectivity index (χ2n) is 4.75. The van der Waals surface area contributed by atoms with Gasteiger partial charge in [0.1, 0.15) is 0 Å². The molecule has 0 amide bonds. The van der Waals surface area contributed by atoms with Gasteiger partial charge in [-0.1, -0.05) is 6.92 Å². The number of rotatable bonds is 5. The Kier molecular flexibility index (Phi) is 4.16. The van der Waals surface area contributed by atoms with Crippen LogP contribution in [-0.4, -0.2) is 24.0 Å². The summed E-state index contributed by atoms with van der Waals surface area (Å²) in [5.41, 5.74) is -1.30.